The number of unbranched alkanes of at least 4 members (excludes halogenated alkanes) is 3. The average molecular weight is 303 g/mol. The van der Waals surface area contributed by atoms with E-state index in [1.807, 2.05) is 12.4 Å². The van der Waals surface area contributed by atoms with Gasteiger partial charge in [-0.25, -0.2) is 0 Å². The molecule has 2 aliphatic carbocycles. The molecule has 3 rings (SSSR count). The number of nitrogens with one attached hydrogen (secondary N) is 1. The van der Waals surface area contributed by atoms with E-state index in [1.54, 1.807) is 0 Å². The summed E-state index contributed by atoms with van der Waals surface area (Å²) in [6, 6.07) is 0. The molecule has 22 heavy (non-hydrogen) atoms. The van der Waals surface area contributed by atoms with Crippen LogP contribution in [0, 0.1) is 16.7 Å². The van der Waals surface area contributed by atoms with Crippen molar-refractivity contribution in [3.63, 3.8) is 0 Å². The number of allylic oxidation sites excluding steroid dienone is 2. The summed E-state index contributed by atoms with van der Waals surface area (Å²) in [4.78, 5) is 2.16. The molecule has 2 atom stereocenters. The van der Waals surface area contributed by atoms with Crippen molar-refractivity contribution in [2.45, 2.75) is 66.2 Å². The Balaban J connectivity index is 0.000000162. The third-order valence-electron chi connectivity index (χ3n) is 6.17. The first-order chi connectivity index (χ1) is 10.4. The fourth-order valence-corrected chi connectivity index (χ4v) is 3.84. The van der Waals surface area contributed by atoms with Crippen LogP contribution < -0.4 is 5.32 Å². The van der Waals surface area contributed by atoms with Crippen LogP contribution in [0.4, 0.5) is 0 Å². The van der Waals surface area contributed by atoms with Gasteiger partial charge in [-0.1, -0.05) is 65.7 Å². The van der Waals surface area contributed by atoms with Gasteiger partial charge >= 0.3 is 0 Å². The predicted molar refractivity (Wildman–Crippen MR) is 96.0 cm³/mol. The van der Waals surface area contributed by atoms with Crippen LogP contribution in [0.2, 0.25) is 0 Å². The Bertz CT molecular complexity index is 447. The van der Waals surface area contributed by atoms with Crippen molar-refractivity contribution in [3.8, 4) is 0 Å². The second-order valence-corrected chi connectivity index (χ2v) is 7.80. The highest BCUT2D eigenvalue weighted by Crippen LogP contribution is 2.61. The average Bonchev–Trinajstić information content (AvgIpc) is 3.06. The molecule has 1 fully saturated rings. The van der Waals surface area contributed by atoms with Crippen LogP contribution >= 0.6 is 0 Å². The maximum Gasteiger partial charge on any atom is 0.102 e. The van der Waals surface area contributed by atoms with Gasteiger partial charge in [0.25, 0.3) is 0 Å². The van der Waals surface area contributed by atoms with Gasteiger partial charge in [-0.15, -0.1) is 0 Å². The Labute approximate surface area is 137 Å². The minimum Gasteiger partial charge on any atom is -0.347 e. The Morgan fingerprint density at radius 1 is 1.27 bits per heavy atom. The number of hydrogen-bond donors (Lipinski definition) is 1. The lowest BCUT2D eigenvalue weighted by molar-refractivity contribution is 0.182. The molecular formula is C20H34N2. The van der Waals surface area contributed by atoms with Gasteiger partial charge in [-0.3, -0.25) is 0 Å². The van der Waals surface area contributed by atoms with Crippen LogP contribution in [0.25, 0.3) is 0 Å². The fraction of sp³-hybridized carbons (Fsp3) is 0.700. The lowest BCUT2D eigenvalue weighted by Gasteiger charge is -2.33. The molecular weight excluding hydrogens is 268 g/mol. The molecule has 2 bridgehead atoms. The van der Waals surface area contributed by atoms with Gasteiger partial charge in [-0.2, -0.15) is 0 Å². The van der Waals surface area contributed by atoms with E-state index in [-0.39, 0.29) is 0 Å². The van der Waals surface area contributed by atoms with Crippen LogP contribution in [0.3, 0.4) is 0 Å². The molecule has 1 saturated carbocycles. The number of hydrogen-bond acceptors (Lipinski definition) is 2. The number of nitrogens with zero attached hydrogens (tertiary/aromatic N) is 1. The quantitative estimate of drug-likeness (QED) is 0.539. The van der Waals surface area contributed by atoms with Gasteiger partial charge in [0.15, 0.2) is 0 Å². The highest BCUT2D eigenvalue weighted by atomic mass is 15.3. The maximum atomic E-state index is 3.89. The molecule has 2 nitrogen and oxygen atoms in total. The second kappa shape index (κ2) is 6.93. The van der Waals surface area contributed by atoms with Crippen LogP contribution in [-0.2, 0) is 0 Å². The van der Waals surface area contributed by atoms with Crippen LogP contribution in [0.5, 0.6) is 0 Å². The van der Waals surface area contributed by atoms with Crippen molar-refractivity contribution in [3.05, 3.63) is 37.0 Å². The molecule has 0 spiro atoms. The van der Waals surface area contributed by atoms with Crippen molar-refractivity contribution in [2.24, 2.45) is 16.7 Å². The molecule has 0 aromatic heterocycles. The molecule has 0 amide bonds. The first-order valence-corrected chi connectivity index (χ1v) is 8.99. The fourth-order valence-electron chi connectivity index (χ4n) is 3.84. The summed E-state index contributed by atoms with van der Waals surface area (Å²) in [5.74, 6) is 1.88. The van der Waals surface area contributed by atoms with Gasteiger partial charge in [0.2, 0.25) is 0 Å². The minimum atomic E-state index is 0.525. The van der Waals surface area contributed by atoms with Crippen LogP contribution in [0.1, 0.15) is 66.2 Å². The summed E-state index contributed by atoms with van der Waals surface area (Å²) in [6.45, 7) is 14.4. The smallest absolute Gasteiger partial charge is 0.102 e. The van der Waals surface area contributed by atoms with Gasteiger partial charge in [-0.05, 0) is 36.0 Å². The molecule has 2 heteroatoms. The van der Waals surface area contributed by atoms with E-state index < -0.39 is 0 Å². The summed E-state index contributed by atoms with van der Waals surface area (Å²) in [5.41, 5.74) is 1.07. The molecule has 2 unspecified atom stereocenters. The van der Waals surface area contributed by atoms with Crippen molar-refractivity contribution < 1.29 is 0 Å². The maximum absolute atomic E-state index is 3.89. The first-order valence-electron chi connectivity index (χ1n) is 8.99. The molecule has 0 radical (unpaired) electrons. The lowest BCUT2D eigenvalue weighted by atomic mass is 9.71. The zero-order valence-corrected chi connectivity index (χ0v) is 15.0. The number of fused-ring (bicyclic) bond motifs is 2. The summed E-state index contributed by atoms with van der Waals surface area (Å²) in [7, 11) is 0. The lowest BCUT2D eigenvalue weighted by Crippen LogP contribution is -2.27. The monoisotopic (exact) mass is 302 g/mol. The normalized spacial score (nSPS) is 30.5. The minimum absolute atomic E-state index is 0.525. The van der Waals surface area contributed by atoms with Crippen molar-refractivity contribution in [1.82, 2.24) is 10.2 Å². The van der Waals surface area contributed by atoms with E-state index >= 15 is 0 Å². The topological polar surface area (TPSA) is 15.3 Å². The molecule has 0 saturated heterocycles. The Morgan fingerprint density at radius 2 is 2.05 bits per heavy atom. The molecule has 1 aliphatic heterocycles. The zero-order valence-electron chi connectivity index (χ0n) is 15.0. The summed E-state index contributed by atoms with van der Waals surface area (Å²) in [6.07, 6.45) is 16.9. The molecule has 1 N–H and O–H groups in total. The van der Waals surface area contributed by atoms with E-state index in [0.29, 0.717) is 10.8 Å². The molecule has 124 valence electrons. The number of rotatable bonds is 5. The van der Waals surface area contributed by atoms with E-state index in [0.717, 1.165) is 18.3 Å². The first kappa shape index (κ1) is 17.2. The van der Waals surface area contributed by atoms with E-state index in [4.69, 9.17) is 0 Å². The molecule has 3 aliphatic rings. The van der Waals surface area contributed by atoms with E-state index in [2.05, 4.69) is 56.6 Å². The predicted octanol–water partition coefficient (Wildman–Crippen LogP) is 5.41. The van der Waals surface area contributed by atoms with Gasteiger partial charge < -0.3 is 10.2 Å². The van der Waals surface area contributed by atoms with Gasteiger partial charge in [0.1, 0.15) is 5.82 Å². The van der Waals surface area contributed by atoms with E-state index in [1.165, 1.54) is 38.5 Å². The van der Waals surface area contributed by atoms with Crippen LogP contribution in [0.15, 0.2) is 37.0 Å². The van der Waals surface area contributed by atoms with Gasteiger partial charge in [0, 0.05) is 18.9 Å². The highest BCUT2D eigenvalue weighted by Gasteiger charge is 2.52. The third-order valence-corrected chi connectivity index (χ3v) is 6.17. The summed E-state index contributed by atoms with van der Waals surface area (Å²) in [5, 5.41) is 3.06. The molecule has 0 aromatic rings. The second-order valence-electron chi connectivity index (χ2n) is 7.80. The van der Waals surface area contributed by atoms with Crippen molar-refractivity contribution >= 4 is 0 Å². The summed E-state index contributed by atoms with van der Waals surface area (Å²) < 4.78 is 0. The van der Waals surface area contributed by atoms with Crippen LogP contribution in [-0.4, -0.2) is 11.4 Å². The third kappa shape index (κ3) is 3.42. The zero-order chi connectivity index (χ0) is 16.2. The Morgan fingerprint density at radius 3 is 2.41 bits per heavy atom. The molecule has 1 heterocycles. The summed E-state index contributed by atoms with van der Waals surface area (Å²) >= 11 is 0. The Hall–Kier alpha value is -1.18. The van der Waals surface area contributed by atoms with Crippen molar-refractivity contribution in [1.29, 1.82) is 0 Å². The SMILES string of the molecule is C=C1NC=CN1CCCCCC.CC12C=CC(CC1)C2(C)C. The largest absolute Gasteiger partial charge is 0.347 e. The van der Waals surface area contributed by atoms with E-state index in [9.17, 15) is 0 Å². The highest BCUT2D eigenvalue weighted by molar-refractivity contribution is 5.22. The Kier molecular flexibility index (Phi) is 5.41. The molecule has 0 aromatic carbocycles. The standard InChI is InChI=1S/C10H18N2.C10H16/c1-3-4-5-6-8-12-9-7-11-10(12)2;1-9(2)8-4-6-10(9,3)7-5-8/h7,9,11H,2-6,8H2,1H3;4,6,8H,5,7H2,1-3H3. The van der Waals surface area contributed by atoms with Gasteiger partial charge in [0.05, 0.1) is 0 Å². The van der Waals surface area contributed by atoms with Crippen molar-refractivity contribution in [2.75, 3.05) is 6.54 Å².